The van der Waals surface area contributed by atoms with Crippen LogP contribution in [0.15, 0.2) is 352 Å². The molecule has 530 valence electrons. The second-order valence-electron chi connectivity index (χ2n) is 33.2. The van der Waals surface area contributed by atoms with E-state index < -0.39 is 0 Å². The number of H-pyrrole nitrogens is 2. The molecule has 0 bridgehead atoms. The molecule has 116 heavy (non-hydrogen) atoms. The van der Waals surface area contributed by atoms with Crippen molar-refractivity contribution in [3.63, 3.8) is 0 Å². The summed E-state index contributed by atoms with van der Waals surface area (Å²) in [7, 11) is 0. The molecule has 2 heterocycles. The Bertz CT molecular complexity index is 8980. The number of allylic oxidation sites excluding steroid dienone is 8. The van der Waals surface area contributed by atoms with E-state index in [1.54, 1.807) is 0 Å². The molecular weight excluding hydrogens is 1400 g/mol. The first-order chi connectivity index (χ1) is 57.5. The van der Waals surface area contributed by atoms with Crippen LogP contribution >= 0.6 is 0 Å². The normalized spacial score (nSPS) is 13.8. The van der Waals surface area contributed by atoms with Crippen molar-refractivity contribution in [3.8, 4) is 56.2 Å². The summed E-state index contributed by atoms with van der Waals surface area (Å²) in [5, 5.41) is 46.7. The Morgan fingerprint density at radius 3 is 0.509 bits per heavy atom. The summed E-state index contributed by atoms with van der Waals surface area (Å²) < 4.78 is 0. The maximum atomic E-state index is 4.02. The number of hydrogen-bond acceptors (Lipinski definition) is 0. The highest BCUT2D eigenvalue weighted by atomic mass is 14.7. The number of nitrogens with one attached hydrogen (secondary N) is 2. The van der Waals surface area contributed by atoms with Crippen molar-refractivity contribution in [1.82, 2.24) is 9.97 Å². The number of aromatic amines is 2. The summed E-state index contributed by atoms with van der Waals surface area (Å²) in [4.78, 5) is 7.96. The van der Waals surface area contributed by atoms with Crippen molar-refractivity contribution in [3.05, 3.63) is 374 Å². The topological polar surface area (TPSA) is 31.6 Å². The Kier molecular flexibility index (Phi) is 11.9. The van der Waals surface area contributed by atoms with Crippen LogP contribution in [0.2, 0.25) is 0 Å². The predicted molar refractivity (Wildman–Crippen MR) is 499 cm³/mol. The summed E-state index contributed by atoms with van der Waals surface area (Å²) in [5.41, 5.74) is 22.5. The van der Waals surface area contributed by atoms with E-state index in [1.807, 2.05) is 0 Å². The first kappa shape index (κ1) is 61.7. The van der Waals surface area contributed by atoms with Gasteiger partial charge in [0.05, 0.1) is 0 Å². The van der Waals surface area contributed by atoms with Gasteiger partial charge in [-0.2, -0.15) is 0 Å². The Labute approximate surface area is 664 Å². The minimum atomic E-state index is 0.849. The van der Waals surface area contributed by atoms with Crippen molar-refractivity contribution in [2.45, 2.75) is 12.8 Å². The Morgan fingerprint density at radius 1 is 0.129 bits per heavy atom. The van der Waals surface area contributed by atoms with Crippen LogP contribution in [0.1, 0.15) is 35.1 Å². The van der Waals surface area contributed by atoms with Crippen LogP contribution < -0.4 is 0 Å². The van der Waals surface area contributed by atoms with Gasteiger partial charge in [-0.3, -0.25) is 0 Å². The van der Waals surface area contributed by atoms with Gasteiger partial charge >= 0.3 is 0 Å². The zero-order valence-electron chi connectivity index (χ0n) is 62.9. The molecule has 0 atom stereocenters. The molecule has 26 aromatic rings. The van der Waals surface area contributed by atoms with Gasteiger partial charge in [0.2, 0.25) is 0 Å². The van der Waals surface area contributed by atoms with E-state index in [0.717, 1.165) is 35.6 Å². The lowest BCUT2D eigenvalue weighted by Gasteiger charge is -2.19. The molecule has 0 radical (unpaired) electrons. The molecule has 2 nitrogen and oxygen atoms in total. The summed E-state index contributed by atoms with van der Waals surface area (Å²) in [5.74, 6) is 0. The van der Waals surface area contributed by atoms with Crippen LogP contribution in [-0.2, 0) is 0 Å². The summed E-state index contributed by atoms with van der Waals surface area (Å²) in [6.07, 6.45) is 11.3. The van der Waals surface area contributed by atoms with Crippen molar-refractivity contribution < 1.29 is 0 Å². The molecule has 2 aliphatic carbocycles. The largest absolute Gasteiger partial charge is 0.355 e. The van der Waals surface area contributed by atoms with Crippen LogP contribution in [-0.4, -0.2) is 9.97 Å². The van der Waals surface area contributed by atoms with Crippen molar-refractivity contribution in [2.75, 3.05) is 0 Å². The molecule has 0 amide bonds. The van der Waals surface area contributed by atoms with Gasteiger partial charge in [-0.05, 0) is 287 Å². The average Bonchev–Trinajstić information content (AvgIpc) is 1.47. The van der Waals surface area contributed by atoms with Crippen molar-refractivity contribution >= 4 is 216 Å². The molecule has 28 rings (SSSR count). The van der Waals surface area contributed by atoms with E-state index in [0.29, 0.717) is 0 Å². The van der Waals surface area contributed by atoms with E-state index >= 15 is 0 Å². The van der Waals surface area contributed by atoms with E-state index in [2.05, 4.69) is 362 Å². The lowest BCUT2D eigenvalue weighted by Crippen LogP contribution is -1.93. The fourth-order valence-electron chi connectivity index (χ4n) is 22.4. The van der Waals surface area contributed by atoms with Gasteiger partial charge in [0.25, 0.3) is 0 Å². The third kappa shape index (κ3) is 8.28. The Hall–Kier alpha value is -15.0. The van der Waals surface area contributed by atoms with Gasteiger partial charge in [-0.15, -0.1) is 0 Å². The molecule has 24 aromatic carbocycles. The minimum absolute atomic E-state index is 0.849. The smallest absolute Gasteiger partial charge is 0.0465 e. The molecular formula is C114H64N2. The Morgan fingerprint density at radius 2 is 0.284 bits per heavy atom. The van der Waals surface area contributed by atoms with Gasteiger partial charge < -0.3 is 9.97 Å². The fraction of sp³-hybridized carbons (Fsp3) is 0.0175. The standard InChI is InChI=1S/C114H64N2/c1-3-61-7-9-65-15-35-79(89-45-25-63(5-1)103(61)105(65)89)75-11-12-76(59-75)81-37-17-68-33-53-97-87(43-23-73-28-47-91(81)108(68)113(73)97)101-57-58-102(116-101)88-44-24-74-31-50-94-84(40-20-71-34-54-98(88)114(74)111(71)94)83-39-19-70-27-46-90-80(36-16-67-30-49-93(83)110(70)107(67)90)77-13-14-78(60-77)82-38-18-69-32-52-96-86(42-22-72-29-48-92(82)109(69)112(72)96)100-56-55-99(115-100)85-41-21-66-10-8-62-4-2-6-64-26-51-95(85)106(66)104(62)64/h1-58,115-116H,59-60H2. The molecule has 0 unspecified atom stereocenters. The molecule has 0 saturated heterocycles. The predicted octanol–water partition coefficient (Wildman–Crippen LogP) is 31.8. The number of benzene rings is 24. The quantitative estimate of drug-likeness (QED) is 0.135. The number of aromatic nitrogens is 2. The fourth-order valence-corrected chi connectivity index (χ4v) is 22.4. The molecule has 2 aliphatic rings. The maximum absolute atomic E-state index is 4.02. The lowest BCUT2D eigenvalue weighted by atomic mass is 9.84. The van der Waals surface area contributed by atoms with E-state index in [4.69, 9.17) is 0 Å². The maximum Gasteiger partial charge on any atom is 0.0465 e. The second-order valence-corrected chi connectivity index (χ2v) is 33.2. The molecule has 0 spiro atoms. The zero-order chi connectivity index (χ0) is 75.0. The first-order valence-electron chi connectivity index (χ1n) is 40.8. The third-order valence-electron chi connectivity index (χ3n) is 27.7. The monoisotopic (exact) mass is 1460 g/mol. The summed E-state index contributed by atoms with van der Waals surface area (Å²) in [6, 6.07) is 125. The summed E-state index contributed by atoms with van der Waals surface area (Å²) in [6.45, 7) is 0. The van der Waals surface area contributed by atoms with Crippen LogP contribution in [0.3, 0.4) is 0 Å². The van der Waals surface area contributed by atoms with Crippen LogP contribution in [0.5, 0.6) is 0 Å². The molecule has 2 aromatic heterocycles. The number of hydrogen-bond donors (Lipinski definition) is 2. The SMILES string of the molecule is C1=C(c2ccc3ccc4cccc5ccc2c3c45)CC(c2ccc3ccc4c(-c5ccc(-c6ccc7ccc8c(-c9ccc%10ccc%11c(C%12=CC=C(c%13ccc%14ccc%15c(-c%16ccc(-c%17ccc%18ccc%19cccc%20ccc%17c%18c%19%20)[nH]%16)ccc%16ccc%13c%14c%16%15)C%12)ccc%12ccc9c%10c%12%11)ccc9ccc6c7c98)[nH]5)ccc5ccc2c3c54)=C1. The average molecular weight is 1460 g/mol. The minimum Gasteiger partial charge on any atom is -0.355 e. The highest BCUT2D eigenvalue weighted by molar-refractivity contribution is 6.34. The van der Waals surface area contributed by atoms with Gasteiger partial charge in [0.15, 0.2) is 0 Å². The molecule has 0 saturated carbocycles. The molecule has 0 aliphatic heterocycles. The highest BCUT2D eigenvalue weighted by Crippen LogP contribution is 2.53. The van der Waals surface area contributed by atoms with Crippen LogP contribution in [0.4, 0.5) is 0 Å². The van der Waals surface area contributed by atoms with Gasteiger partial charge in [-0.25, -0.2) is 0 Å². The van der Waals surface area contributed by atoms with Gasteiger partial charge in [0, 0.05) is 45.0 Å². The highest BCUT2D eigenvalue weighted by Gasteiger charge is 2.27. The van der Waals surface area contributed by atoms with Crippen molar-refractivity contribution in [1.29, 1.82) is 0 Å². The summed E-state index contributed by atoms with van der Waals surface area (Å²) >= 11 is 0. The molecule has 2 heteroatoms. The zero-order valence-corrected chi connectivity index (χ0v) is 62.9. The van der Waals surface area contributed by atoms with Gasteiger partial charge in [-0.1, -0.05) is 328 Å². The van der Waals surface area contributed by atoms with E-state index in [-0.39, 0.29) is 0 Å². The first-order valence-corrected chi connectivity index (χ1v) is 40.8. The van der Waals surface area contributed by atoms with Gasteiger partial charge in [0.1, 0.15) is 0 Å². The molecule has 0 fully saturated rings. The number of rotatable bonds is 9. The lowest BCUT2D eigenvalue weighted by molar-refractivity contribution is 1.41. The van der Waals surface area contributed by atoms with Crippen LogP contribution in [0.25, 0.3) is 272 Å². The van der Waals surface area contributed by atoms with Crippen LogP contribution in [0, 0.1) is 0 Å². The van der Waals surface area contributed by atoms with E-state index in [1.165, 1.54) is 272 Å². The second kappa shape index (κ2) is 22.5. The van der Waals surface area contributed by atoms with Crippen molar-refractivity contribution in [2.24, 2.45) is 0 Å². The Balaban J connectivity index is 0.491. The van der Waals surface area contributed by atoms with E-state index in [9.17, 15) is 0 Å². The molecule has 2 N–H and O–H groups in total. The third-order valence-corrected chi connectivity index (χ3v) is 27.7.